The van der Waals surface area contributed by atoms with Crippen LogP contribution in [0.3, 0.4) is 0 Å². The third-order valence-electron chi connectivity index (χ3n) is 3.68. The second-order valence-electron chi connectivity index (χ2n) is 5.13. The Bertz CT molecular complexity index is 796. The van der Waals surface area contributed by atoms with E-state index in [2.05, 4.69) is 21.4 Å². The monoisotopic (exact) mass is 278 g/mol. The normalized spacial score (nSPS) is 10.8. The molecule has 1 aromatic heterocycles. The molecular weight excluding hydrogens is 260 g/mol. The molecule has 0 unspecified atom stereocenters. The molecule has 0 bridgehead atoms. The van der Waals surface area contributed by atoms with Crippen molar-refractivity contribution in [1.29, 1.82) is 0 Å². The Morgan fingerprint density at radius 2 is 1.67 bits per heavy atom. The highest BCUT2D eigenvalue weighted by molar-refractivity contribution is 5.76. The summed E-state index contributed by atoms with van der Waals surface area (Å²) in [5.41, 5.74) is 11.7. The minimum absolute atomic E-state index is 0.685. The van der Waals surface area contributed by atoms with Crippen LogP contribution >= 0.6 is 0 Å². The highest BCUT2D eigenvalue weighted by atomic mass is 15.0. The summed E-state index contributed by atoms with van der Waals surface area (Å²) in [5.74, 6) is 0.815. The van der Waals surface area contributed by atoms with Crippen LogP contribution in [0.2, 0.25) is 0 Å². The van der Waals surface area contributed by atoms with E-state index < -0.39 is 0 Å². The van der Waals surface area contributed by atoms with Gasteiger partial charge in [-0.05, 0) is 43.2 Å². The molecule has 3 rings (SSSR count). The topological polar surface area (TPSA) is 63.8 Å². The van der Waals surface area contributed by atoms with Gasteiger partial charge in [0.05, 0.1) is 16.7 Å². The number of fused-ring (bicyclic) bond motifs is 1. The van der Waals surface area contributed by atoms with Crippen LogP contribution in [0.4, 0.5) is 11.5 Å². The Morgan fingerprint density at radius 1 is 0.952 bits per heavy atom. The third kappa shape index (κ3) is 2.65. The lowest BCUT2D eigenvalue weighted by molar-refractivity contribution is 1.07. The molecule has 1 heterocycles. The SMILES string of the molecule is Cc1nc2ccccc2nc1NCc1cccc(N)c1C. The van der Waals surface area contributed by atoms with E-state index in [1.54, 1.807) is 0 Å². The fourth-order valence-corrected chi connectivity index (χ4v) is 2.33. The molecule has 2 aromatic carbocycles. The number of rotatable bonds is 3. The lowest BCUT2D eigenvalue weighted by atomic mass is 10.1. The van der Waals surface area contributed by atoms with E-state index in [0.717, 1.165) is 33.8 Å². The van der Waals surface area contributed by atoms with Crippen LogP contribution in [0, 0.1) is 13.8 Å². The number of hydrogen-bond acceptors (Lipinski definition) is 4. The van der Waals surface area contributed by atoms with Gasteiger partial charge in [0.2, 0.25) is 0 Å². The number of hydrogen-bond donors (Lipinski definition) is 2. The third-order valence-corrected chi connectivity index (χ3v) is 3.68. The van der Waals surface area contributed by atoms with Gasteiger partial charge in [0.1, 0.15) is 5.82 Å². The standard InChI is InChI=1S/C17H18N4/c1-11-13(6-5-7-14(11)18)10-19-17-12(2)20-15-8-3-4-9-16(15)21-17/h3-9H,10,18H2,1-2H3,(H,19,21). The number of benzene rings is 2. The molecule has 3 N–H and O–H groups in total. The molecule has 0 aliphatic heterocycles. The maximum atomic E-state index is 5.94. The first-order valence-corrected chi connectivity index (χ1v) is 6.96. The van der Waals surface area contributed by atoms with Gasteiger partial charge in [-0.1, -0.05) is 24.3 Å². The predicted octanol–water partition coefficient (Wildman–Crippen LogP) is 3.44. The molecule has 4 nitrogen and oxygen atoms in total. The van der Waals surface area contributed by atoms with Gasteiger partial charge < -0.3 is 11.1 Å². The summed E-state index contributed by atoms with van der Waals surface area (Å²) in [6, 6.07) is 13.8. The molecule has 4 heteroatoms. The van der Waals surface area contributed by atoms with Crippen molar-refractivity contribution in [3.63, 3.8) is 0 Å². The lowest BCUT2D eigenvalue weighted by Crippen LogP contribution is -2.07. The Labute approximate surface area is 124 Å². The van der Waals surface area contributed by atoms with Crippen LogP contribution in [0.5, 0.6) is 0 Å². The second-order valence-corrected chi connectivity index (χ2v) is 5.13. The minimum atomic E-state index is 0.685. The fraction of sp³-hybridized carbons (Fsp3) is 0.176. The van der Waals surface area contributed by atoms with Gasteiger partial charge in [-0.25, -0.2) is 9.97 Å². The summed E-state index contributed by atoms with van der Waals surface area (Å²) in [6.45, 7) is 4.68. The van der Waals surface area contributed by atoms with Crippen molar-refractivity contribution in [2.75, 3.05) is 11.1 Å². The molecule has 0 saturated heterocycles. The van der Waals surface area contributed by atoms with Gasteiger partial charge in [-0.2, -0.15) is 0 Å². The van der Waals surface area contributed by atoms with Crippen molar-refractivity contribution in [2.45, 2.75) is 20.4 Å². The molecule has 106 valence electrons. The van der Waals surface area contributed by atoms with Gasteiger partial charge in [-0.15, -0.1) is 0 Å². The smallest absolute Gasteiger partial charge is 0.148 e. The van der Waals surface area contributed by atoms with E-state index in [4.69, 9.17) is 5.73 Å². The van der Waals surface area contributed by atoms with E-state index in [9.17, 15) is 0 Å². The zero-order chi connectivity index (χ0) is 14.8. The summed E-state index contributed by atoms with van der Waals surface area (Å²) in [5, 5.41) is 3.36. The largest absolute Gasteiger partial charge is 0.399 e. The van der Waals surface area contributed by atoms with E-state index in [1.165, 1.54) is 5.56 Å². The first-order chi connectivity index (χ1) is 10.1. The first kappa shape index (κ1) is 13.4. The molecule has 21 heavy (non-hydrogen) atoms. The number of nitrogen functional groups attached to an aromatic ring is 1. The predicted molar refractivity (Wildman–Crippen MR) is 87.2 cm³/mol. The highest BCUT2D eigenvalue weighted by Gasteiger charge is 2.06. The molecule has 0 saturated carbocycles. The number of aryl methyl sites for hydroxylation is 1. The molecule has 3 aromatic rings. The fourth-order valence-electron chi connectivity index (χ4n) is 2.33. The number of nitrogens with two attached hydrogens (primary N) is 1. The zero-order valence-electron chi connectivity index (χ0n) is 12.2. The highest BCUT2D eigenvalue weighted by Crippen LogP contribution is 2.19. The first-order valence-electron chi connectivity index (χ1n) is 6.96. The number of aromatic nitrogens is 2. The molecule has 0 aliphatic carbocycles. The Hall–Kier alpha value is -2.62. The van der Waals surface area contributed by atoms with Crippen LogP contribution < -0.4 is 11.1 Å². The van der Waals surface area contributed by atoms with E-state index in [0.29, 0.717) is 6.54 Å². The molecule has 0 aliphatic rings. The number of para-hydroxylation sites is 2. The second kappa shape index (κ2) is 5.40. The van der Waals surface area contributed by atoms with E-state index >= 15 is 0 Å². The lowest BCUT2D eigenvalue weighted by Gasteiger charge is -2.12. The molecule has 0 fully saturated rings. The maximum Gasteiger partial charge on any atom is 0.148 e. The zero-order valence-corrected chi connectivity index (χ0v) is 12.2. The van der Waals surface area contributed by atoms with Crippen LogP contribution in [0.25, 0.3) is 11.0 Å². The van der Waals surface area contributed by atoms with Crippen molar-refractivity contribution in [1.82, 2.24) is 9.97 Å². The van der Waals surface area contributed by atoms with Crippen molar-refractivity contribution in [3.05, 3.63) is 59.3 Å². The molecule has 0 spiro atoms. The summed E-state index contributed by atoms with van der Waals surface area (Å²) in [7, 11) is 0. The number of nitrogens with zero attached hydrogens (tertiary/aromatic N) is 2. The van der Waals surface area contributed by atoms with Crippen LogP contribution in [-0.2, 0) is 6.54 Å². The van der Waals surface area contributed by atoms with Gasteiger partial charge in [0.15, 0.2) is 0 Å². The van der Waals surface area contributed by atoms with Gasteiger partial charge in [0.25, 0.3) is 0 Å². The Morgan fingerprint density at radius 3 is 2.43 bits per heavy atom. The average molecular weight is 278 g/mol. The molecule has 0 atom stereocenters. The number of nitrogens with one attached hydrogen (secondary N) is 1. The quantitative estimate of drug-likeness (QED) is 0.720. The summed E-state index contributed by atoms with van der Waals surface area (Å²) < 4.78 is 0. The summed E-state index contributed by atoms with van der Waals surface area (Å²) in [6.07, 6.45) is 0. The van der Waals surface area contributed by atoms with Crippen molar-refractivity contribution in [2.24, 2.45) is 0 Å². The van der Waals surface area contributed by atoms with Crippen molar-refractivity contribution >= 4 is 22.5 Å². The molecule has 0 amide bonds. The van der Waals surface area contributed by atoms with Gasteiger partial charge in [-0.3, -0.25) is 0 Å². The average Bonchev–Trinajstić information content (AvgIpc) is 2.49. The van der Waals surface area contributed by atoms with Crippen LogP contribution in [-0.4, -0.2) is 9.97 Å². The van der Waals surface area contributed by atoms with E-state index in [-0.39, 0.29) is 0 Å². The molecule has 0 radical (unpaired) electrons. The van der Waals surface area contributed by atoms with Gasteiger partial charge in [0, 0.05) is 12.2 Å². The van der Waals surface area contributed by atoms with Gasteiger partial charge >= 0.3 is 0 Å². The summed E-state index contributed by atoms with van der Waals surface area (Å²) in [4.78, 5) is 9.22. The van der Waals surface area contributed by atoms with Crippen molar-refractivity contribution < 1.29 is 0 Å². The van der Waals surface area contributed by atoms with Crippen molar-refractivity contribution in [3.8, 4) is 0 Å². The Kier molecular flexibility index (Phi) is 3.44. The number of anilines is 2. The molecular formula is C17H18N4. The van der Waals surface area contributed by atoms with E-state index in [1.807, 2.05) is 50.2 Å². The van der Waals surface area contributed by atoms with Crippen LogP contribution in [0.15, 0.2) is 42.5 Å². The minimum Gasteiger partial charge on any atom is -0.399 e. The van der Waals surface area contributed by atoms with Crippen LogP contribution in [0.1, 0.15) is 16.8 Å². The summed E-state index contributed by atoms with van der Waals surface area (Å²) >= 11 is 0. The Balaban J connectivity index is 1.88. The maximum absolute atomic E-state index is 5.94.